The molecule has 0 N–H and O–H groups in total. The molecule has 1 unspecified atom stereocenters. The van der Waals surface area contributed by atoms with Crippen molar-refractivity contribution in [2.45, 2.75) is 45.9 Å². The fourth-order valence-corrected chi connectivity index (χ4v) is 6.38. The van der Waals surface area contributed by atoms with Gasteiger partial charge in [-0.2, -0.15) is 0 Å². The monoisotopic (exact) mass is 611 g/mol. The van der Waals surface area contributed by atoms with Crippen molar-refractivity contribution >= 4 is 17.3 Å². The molecule has 0 radical (unpaired) electrons. The van der Waals surface area contributed by atoms with Crippen LogP contribution in [0.3, 0.4) is 0 Å². The van der Waals surface area contributed by atoms with E-state index in [4.69, 9.17) is 9.47 Å². The molecular weight excluding hydrogens is 570 g/mol. The average Bonchev–Trinajstić information content (AvgIpc) is 3.41. The van der Waals surface area contributed by atoms with Crippen molar-refractivity contribution in [3.8, 4) is 5.75 Å². The van der Waals surface area contributed by atoms with Crippen molar-refractivity contribution < 1.29 is 14.3 Å². The fraction of sp³-hybridized carbons (Fsp3) is 0.250. The van der Waals surface area contributed by atoms with Crippen LogP contribution in [-0.4, -0.2) is 30.6 Å². The second kappa shape index (κ2) is 13.9. The summed E-state index contributed by atoms with van der Waals surface area (Å²) in [5.41, 5.74) is 6.19. The van der Waals surface area contributed by atoms with E-state index in [9.17, 15) is 4.79 Å². The largest absolute Gasteiger partial charge is 0.493 e. The molecule has 5 aromatic rings. The van der Waals surface area contributed by atoms with E-state index in [2.05, 4.69) is 114 Å². The van der Waals surface area contributed by atoms with Crippen molar-refractivity contribution in [2.75, 3.05) is 29.5 Å². The lowest BCUT2D eigenvalue weighted by atomic mass is 9.79. The predicted molar refractivity (Wildman–Crippen MR) is 185 cm³/mol. The number of esters is 1. The van der Waals surface area contributed by atoms with Gasteiger partial charge < -0.3 is 19.3 Å². The molecule has 0 fully saturated rings. The number of cyclic esters (lactones) is 1. The van der Waals surface area contributed by atoms with Crippen molar-refractivity contribution in [2.24, 2.45) is 0 Å². The maximum absolute atomic E-state index is 14.0. The molecule has 46 heavy (non-hydrogen) atoms. The number of anilines is 2. The maximum atomic E-state index is 14.0. The second-order valence-corrected chi connectivity index (χ2v) is 11.6. The normalized spacial score (nSPS) is 15.2. The number of rotatable bonds is 13. The molecule has 1 aliphatic heterocycles. The number of hydrogen-bond acceptors (Lipinski definition) is 6. The van der Waals surface area contributed by atoms with Gasteiger partial charge in [-0.05, 0) is 67.8 Å². The third-order valence-electron chi connectivity index (χ3n) is 8.67. The molecule has 1 aromatic heterocycles. The SMILES string of the molecule is CCCOc1cc(N(CC)CC)ccc1C1(c2ccncc2)OC(=O)c2cc(N(Cc3ccccc3)Cc3ccccc3)ccc21. The Kier molecular flexibility index (Phi) is 9.34. The molecule has 2 heterocycles. The van der Waals surface area contributed by atoms with Crippen molar-refractivity contribution in [3.05, 3.63) is 155 Å². The number of aromatic nitrogens is 1. The van der Waals surface area contributed by atoms with Crippen LogP contribution in [-0.2, 0) is 23.4 Å². The summed E-state index contributed by atoms with van der Waals surface area (Å²) in [7, 11) is 0. The number of carbonyl (C=O) groups is 1. The third-order valence-corrected chi connectivity index (χ3v) is 8.67. The number of carbonyl (C=O) groups excluding carboxylic acids is 1. The first kappa shape index (κ1) is 30.9. The van der Waals surface area contributed by atoms with Gasteiger partial charge in [0.1, 0.15) is 5.75 Å². The van der Waals surface area contributed by atoms with E-state index in [1.165, 1.54) is 11.1 Å². The van der Waals surface area contributed by atoms with Crippen LogP contribution in [0.1, 0.15) is 65.4 Å². The molecule has 6 heteroatoms. The lowest BCUT2D eigenvalue weighted by Crippen LogP contribution is -2.31. The number of hydrogen-bond donors (Lipinski definition) is 0. The summed E-state index contributed by atoms with van der Waals surface area (Å²) in [6, 6.07) is 37.1. The van der Waals surface area contributed by atoms with Crippen LogP contribution < -0.4 is 14.5 Å². The Morgan fingerprint density at radius 2 is 1.28 bits per heavy atom. The number of fused-ring (bicyclic) bond motifs is 1. The Labute approximate surface area is 272 Å². The molecule has 0 aliphatic carbocycles. The van der Waals surface area contributed by atoms with Crippen LogP contribution in [0.25, 0.3) is 0 Å². The molecule has 1 atom stereocenters. The lowest BCUT2D eigenvalue weighted by Gasteiger charge is -2.33. The second-order valence-electron chi connectivity index (χ2n) is 11.6. The minimum Gasteiger partial charge on any atom is -0.493 e. The highest BCUT2D eigenvalue weighted by molar-refractivity contribution is 5.97. The number of ether oxygens (including phenoxy) is 2. The molecule has 6 nitrogen and oxygen atoms in total. The Balaban J connectivity index is 1.49. The van der Waals surface area contributed by atoms with Gasteiger partial charge in [0, 0.05) is 72.7 Å². The van der Waals surface area contributed by atoms with Crippen LogP contribution in [0.5, 0.6) is 5.75 Å². The lowest BCUT2D eigenvalue weighted by molar-refractivity contribution is 0.0243. The van der Waals surface area contributed by atoms with Gasteiger partial charge in [-0.25, -0.2) is 4.79 Å². The van der Waals surface area contributed by atoms with Crippen LogP contribution in [0, 0.1) is 0 Å². The summed E-state index contributed by atoms with van der Waals surface area (Å²) < 4.78 is 13.0. The molecule has 4 aromatic carbocycles. The number of nitrogens with zero attached hydrogens (tertiary/aromatic N) is 3. The first-order valence-corrected chi connectivity index (χ1v) is 16.2. The molecule has 1 aliphatic rings. The van der Waals surface area contributed by atoms with E-state index >= 15 is 0 Å². The van der Waals surface area contributed by atoms with Crippen LogP contribution >= 0.6 is 0 Å². The summed E-state index contributed by atoms with van der Waals surface area (Å²) >= 11 is 0. The summed E-state index contributed by atoms with van der Waals surface area (Å²) in [5, 5.41) is 0. The number of benzene rings is 4. The first-order valence-electron chi connectivity index (χ1n) is 16.2. The van der Waals surface area contributed by atoms with E-state index in [0.717, 1.165) is 47.6 Å². The van der Waals surface area contributed by atoms with E-state index in [0.29, 0.717) is 31.0 Å². The van der Waals surface area contributed by atoms with Crippen LogP contribution in [0.15, 0.2) is 122 Å². The van der Waals surface area contributed by atoms with E-state index in [1.54, 1.807) is 12.4 Å². The summed E-state index contributed by atoms with van der Waals surface area (Å²) in [6.45, 7) is 10.1. The molecule has 0 saturated heterocycles. The predicted octanol–water partition coefficient (Wildman–Crippen LogP) is 8.39. The van der Waals surface area contributed by atoms with Gasteiger partial charge in [0.15, 0.2) is 5.60 Å². The van der Waals surface area contributed by atoms with Crippen LogP contribution in [0.2, 0.25) is 0 Å². The highest BCUT2D eigenvalue weighted by atomic mass is 16.6. The first-order chi connectivity index (χ1) is 22.6. The van der Waals surface area contributed by atoms with E-state index in [-0.39, 0.29) is 5.97 Å². The van der Waals surface area contributed by atoms with Gasteiger partial charge in [-0.1, -0.05) is 73.7 Å². The fourth-order valence-electron chi connectivity index (χ4n) is 6.38. The summed E-state index contributed by atoms with van der Waals surface area (Å²) in [4.78, 5) is 22.9. The Hall–Kier alpha value is -5.10. The molecule has 0 amide bonds. The van der Waals surface area contributed by atoms with Gasteiger partial charge in [0.2, 0.25) is 0 Å². The zero-order valence-corrected chi connectivity index (χ0v) is 26.9. The zero-order valence-electron chi connectivity index (χ0n) is 26.9. The smallest absolute Gasteiger partial charge is 0.340 e. The highest BCUT2D eigenvalue weighted by Gasteiger charge is 2.50. The Bertz CT molecular complexity index is 1720. The minimum atomic E-state index is -1.19. The topological polar surface area (TPSA) is 54.9 Å². The van der Waals surface area contributed by atoms with Gasteiger partial charge in [0.25, 0.3) is 0 Å². The van der Waals surface area contributed by atoms with Crippen molar-refractivity contribution in [1.82, 2.24) is 4.98 Å². The number of pyridine rings is 1. The average molecular weight is 612 g/mol. The van der Waals surface area contributed by atoms with E-state index in [1.807, 2.05) is 30.3 Å². The van der Waals surface area contributed by atoms with Crippen molar-refractivity contribution in [3.63, 3.8) is 0 Å². The van der Waals surface area contributed by atoms with Gasteiger partial charge in [-0.15, -0.1) is 0 Å². The Morgan fingerprint density at radius 1 is 0.696 bits per heavy atom. The maximum Gasteiger partial charge on any atom is 0.340 e. The molecule has 6 rings (SSSR count). The Morgan fingerprint density at radius 3 is 1.87 bits per heavy atom. The zero-order chi connectivity index (χ0) is 31.9. The molecule has 0 spiro atoms. The highest BCUT2D eigenvalue weighted by Crippen LogP contribution is 2.51. The quantitative estimate of drug-likeness (QED) is 0.125. The van der Waals surface area contributed by atoms with Gasteiger partial charge >= 0.3 is 5.97 Å². The molecule has 0 saturated carbocycles. The minimum absolute atomic E-state index is 0.359. The standard InChI is InChI=1S/C40H41N3O3/c1-4-25-45-38-27-34(42(5-2)6-3)18-20-37(38)40(32-21-23-41-24-22-32)36-19-17-33(26-35(36)39(44)46-40)43(28-30-13-9-7-10-14-30)29-31-15-11-8-12-16-31/h7-24,26-27H,4-6,25,28-29H2,1-3H3. The van der Waals surface area contributed by atoms with Gasteiger partial charge in [0.05, 0.1) is 12.2 Å². The van der Waals surface area contributed by atoms with Gasteiger partial charge in [-0.3, -0.25) is 4.98 Å². The molecular formula is C40H41N3O3. The van der Waals surface area contributed by atoms with Crippen LogP contribution in [0.4, 0.5) is 11.4 Å². The summed E-state index contributed by atoms with van der Waals surface area (Å²) in [6.07, 6.45) is 4.35. The molecule has 0 bridgehead atoms. The third kappa shape index (κ3) is 6.08. The molecule has 234 valence electrons. The van der Waals surface area contributed by atoms with Crippen molar-refractivity contribution in [1.29, 1.82) is 0 Å². The van der Waals surface area contributed by atoms with E-state index < -0.39 is 5.60 Å². The summed E-state index contributed by atoms with van der Waals surface area (Å²) in [5.74, 6) is 0.352.